The lowest BCUT2D eigenvalue weighted by atomic mass is 10.2. The molecular formula is C18H25N5O2S. The molecule has 140 valence electrons. The van der Waals surface area contributed by atoms with Gasteiger partial charge in [0.25, 0.3) is 5.91 Å². The fourth-order valence-electron chi connectivity index (χ4n) is 2.84. The molecule has 1 aliphatic heterocycles. The third-order valence-electron chi connectivity index (χ3n) is 4.20. The van der Waals surface area contributed by atoms with E-state index in [-0.39, 0.29) is 5.91 Å². The van der Waals surface area contributed by atoms with E-state index in [9.17, 15) is 4.79 Å². The first-order valence-electron chi connectivity index (χ1n) is 8.93. The molecule has 8 heteroatoms. The van der Waals surface area contributed by atoms with E-state index in [1.807, 2.05) is 19.1 Å². The molecule has 2 aromatic rings. The molecule has 0 radical (unpaired) electrons. The van der Waals surface area contributed by atoms with E-state index in [4.69, 9.17) is 4.52 Å². The SMILES string of the molecule is Cc1cc(CSc2ncccc2C(=O)NCCCN2CCNCC2)no1. The fraction of sp³-hybridized carbons (Fsp3) is 0.500. The molecule has 1 aliphatic rings. The summed E-state index contributed by atoms with van der Waals surface area (Å²) in [6, 6.07) is 5.50. The molecule has 0 atom stereocenters. The van der Waals surface area contributed by atoms with Crippen LogP contribution in [0.1, 0.15) is 28.2 Å². The second-order valence-electron chi connectivity index (χ2n) is 6.27. The molecule has 1 amide bonds. The van der Waals surface area contributed by atoms with Crippen LogP contribution in [0.25, 0.3) is 0 Å². The van der Waals surface area contributed by atoms with Crippen molar-refractivity contribution in [2.75, 3.05) is 39.3 Å². The first-order valence-corrected chi connectivity index (χ1v) is 9.92. The first kappa shape index (κ1) is 18.9. The Balaban J connectivity index is 1.47. The molecule has 7 nitrogen and oxygen atoms in total. The summed E-state index contributed by atoms with van der Waals surface area (Å²) < 4.78 is 5.08. The average Bonchev–Trinajstić information content (AvgIpc) is 3.10. The van der Waals surface area contributed by atoms with E-state index in [2.05, 4.69) is 25.7 Å². The molecule has 0 spiro atoms. The van der Waals surface area contributed by atoms with Gasteiger partial charge in [-0.25, -0.2) is 4.98 Å². The number of piperazine rings is 1. The van der Waals surface area contributed by atoms with Crippen LogP contribution in [0.15, 0.2) is 33.9 Å². The van der Waals surface area contributed by atoms with Crippen LogP contribution in [-0.2, 0) is 5.75 Å². The Bertz CT molecular complexity index is 715. The predicted molar refractivity (Wildman–Crippen MR) is 101 cm³/mol. The Hall–Kier alpha value is -1.90. The molecule has 3 heterocycles. The first-order chi connectivity index (χ1) is 12.7. The van der Waals surface area contributed by atoms with Crippen molar-refractivity contribution in [1.82, 2.24) is 25.7 Å². The minimum Gasteiger partial charge on any atom is -0.361 e. The zero-order valence-electron chi connectivity index (χ0n) is 15.0. The summed E-state index contributed by atoms with van der Waals surface area (Å²) in [4.78, 5) is 19.3. The second-order valence-corrected chi connectivity index (χ2v) is 7.24. The second kappa shape index (κ2) is 9.70. The van der Waals surface area contributed by atoms with Gasteiger partial charge in [-0.1, -0.05) is 16.9 Å². The van der Waals surface area contributed by atoms with Crippen molar-refractivity contribution in [1.29, 1.82) is 0 Å². The maximum atomic E-state index is 12.5. The quantitative estimate of drug-likeness (QED) is 0.537. The molecule has 0 bridgehead atoms. The highest BCUT2D eigenvalue weighted by Gasteiger charge is 2.14. The Morgan fingerprint density at radius 2 is 2.27 bits per heavy atom. The molecule has 0 unspecified atom stereocenters. The van der Waals surface area contributed by atoms with Gasteiger partial charge in [0.05, 0.1) is 11.3 Å². The summed E-state index contributed by atoms with van der Waals surface area (Å²) in [6.07, 6.45) is 2.66. The molecule has 0 saturated carbocycles. The van der Waals surface area contributed by atoms with Crippen LogP contribution >= 0.6 is 11.8 Å². The molecule has 3 rings (SSSR count). The summed E-state index contributed by atoms with van der Waals surface area (Å²) in [7, 11) is 0. The minimum atomic E-state index is -0.0720. The maximum absolute atomic E-state index is 12.5. The standard InChI is InChI=1S/C18H25N5O2S/c1-14-12-15(22-25-14)13-26-18-16(4-2-5-21-18)17(24)20-6-3-9-23-10-7-19-8-11-23/h2,4-5,12,19H,3,6-11,13H2,1H3,(H,20,24). The topological polar surface area (TPSA) is 83.3 Å². The summed E-state index contributed by atoms with van der Waals surface area (Å²) in [6.45, 7) is 7.81. The third-order valence-corrected chi connectivity index (χ3v) is 5.23. The number of nitrogens with one attached hydrogen (secondary N) is 2. The lowest BCUT2D eigenvalue weighted by Gasteiger charge is -2.27. The number of hydrogen-bond acceptors (Lipinski definition) is 7. The van der Waals surface area contributed by atoms with E-state index in [1.165, 1.54) is 11.8 Å². The van der Waals surface area contributed by atoms with Gasteiger partial charge >= 0.3 is 0 Å². The summed E-state index contributed by atoms with van der Waals surface area (Å²) in [5.41, 5.74) is 1.46. The zero-order chi connectivity index (χ0) is 18.2. The number of nitrogens with zero attached hydrogens (tertiary/aromatic N) is 3. The van der Waals surface area contributed by atoms with Gasteiger partial charge in [0, 0.05) is 50.7 Å². The van der Waals surface area contributed by atoms with Crippen molar-refractivity contribution < 1.29 is 9.32 Å². The van der Waals surface area contributed by atoms with E-state index in [0.717, 1.165) is 50.6 Å². The van der Waals surface area contributed by atoms with Crippen molar-refractivity contribution in [2.45, 2.75) is 24.1 Å². The lowest BCUT2D eigenvalue weighted by Crippen LogP contribution is -2.44. The van der Waals surface area contributed by atoms with Gasteiger partial charge in [-0.15, -0.1) is 0 Å². The molecule has 0 aliphatic carbocycles. The van der Waals surface area contributed by atoms with Crippen LogP contribution in [0.5, 0.6) is 0 Å². The van der Waals surface area contributed by atoms with Crippen molar-refractivity contribution in [2.24, 2.45) is 0 Å². The molecule has 26 heavy (non-hydrogen) atoms. The van der Waals surface area contributed by atoms with Gasteiger partial charge in [0.1, 0.15) is 10.8 Å². The van der Waals surface area contributed by atoms with Crippen LogP contribution in [0, 0.1) is 6.92 Å². The monoisotopic (exact) mass is 375 g/mol. The maximum Gasteiger partial charge on any atom is 0.254 e. The van der Waals surface area contributed by atoms with Crippen LogP contribution in [0.2, 0.25) is 0 Å². The smallest absolute Gasteiger partial charge is 0.254 e. The van der Waals surface area contributed by atoms with E-state index in [1.54, 1.807) is 12.3 Å². The van der Waals surface area contributed by atoms with Crippen molar-refractivity contribution in [3.05, 3.63) is 41.4 Å². The summed E-state index contributed by atoms with van der Waals surface area (Å²) >= 11 is 1.49. The van der Waals surface area contributed by atoms with E-state index in [0.29, 0.717) is 22.9 Å². The number of aromatic nitrogens is 2. The summed E-state index contributed by atoms with van der Waals surface area (Å²) in [5.74, 6) is 1.33. The van der Waals surface area contributed by atoms with Crippen LogP contribution in [0.4, 0.5) is 0 Å². The minimum absolute atomic E-state index is 0.0720. The number of hydrogen-bond donors (Lipinski definition) is 2. The molecular weight excluding hydrogens is 350 g/mol. The highest BCUT2D eigenvalue weighted by molar-refractivity contribution is 7.98. The van der Waals surface area contributed by atoms with Crippen LogP contribution in [0.3, 0.4) is 0 Å². The largest absolute Gasteiger partial charge is 0.361 e. The number of rotatable bonds is 8. The van der Waals surface area contributed by atoms with E-state index < -0.39 is 0 Å². The molecule has 2 N–H and O–H groups in total. The summed E-state index contributed by atoms with van der Waals surface area (Å²) in [5, 5.41) is 11.1. The van der Waals surface area contributed by atoms with Crippen molar-refractivity contribution >= 4 is 17.7 Å². The Kier molecular flexibility index (Phi) is 7.04. The fourth-order valence-corrected chi connectivity index (χ4v) is 3.71. The number of pyridine rings is 1. The zero-order valence-corrected chi connectivity index (χ0v) is 15.8. The molecule has 1 fully saturated rings. The normalized spacial score (nSPS) is 15.1. The van der Waals surface area contributed by atoms with Gasteiger partial charge in [0.15, 0.2) is 0 Å². The third kappa shape index (κ3) is 5.55. The lowest BCUT2D eigenvalue weighted by molar-refractivity contribution is 0.0947. The van der Waals surface area contributed by atoms with E-state index >= 15 is 0 Å². The predicted octanol–water partition coefficient (Wildman–Crippen LogP) is 1.70. The Morgan fingerprint density at radius 3 is 3.04 bits per heavy atom. The number of aryl methyl sites for hydroxylation is 1. The molecule has 2 aromatic heterocycles. The van der Waals surface area contributed by atoms with Crippen molar-refractivity contribution in [3.8, 4) is 0 Å². The number of carbonyl (C=O) groups is 1. The van der Waals surface area contributed by atoms with Gasteiger partial charge in [-0.2, -0.15) is 0 Å². The number of amides is 1. The number of carbonyl (C=O) groups excluding carboxylic acids is 1. The van der Waals surface area contributed by atoms with Gasteiger partial charge in [-0.05, 0) is 32.0 Å². The van der Waals surface area contributed by atoms with Crippen LogP contribution in [-0.4, -0.2) is 60.2 Å². The van der Waals surface area contributed by atoms with Gasteiger partial charge < -0.3 is 20.1 Å². The number of thioether (sulfide) groups is 1. The Labute approximate surface area is 157 Å². The highest BCUT2D eigenvalue weighted by Crippen LogP contribution is 2.24. The highest BCUT2D eigenvalue weighted by atomic mass is 32.2. The van der Waals surface area contributed by atoms with Gasteiger partial charge in [0.2, 0.25) is 0 Å². The van der Waals surface area contributed by atoms with Crippen LogP contribution < -0.4 is 10.6 Å². The molecule has 0 aromatic carbocycles. The average molecular weight is 375 g/mol. The Morgan fingerprint density at radius 1 is 1.42 bits per heavy atom. The molecule has 1 saturated heterocycles. The van der Waals surface area contributed by atoms with Crippen molar-refractivity contribution in [3.63, 3.8) is 0 Å². The van der Waals surface area contributed by atoms with Gasteiger partial charge in [-0.3, -0.25) is 4.79 Å².